The number of rotatable bonds is 12. The van der Waals surface area contributed by atoms with Crippen molar-refractivity contribution in [1.29, 1.82) is 0 Å². The highest BCUT2D eigenvalue weighted by atomic mass is 16.5. The van der Waals surface area contributed by atoms with Crippen molar-refractivity contribution in [2.75, 3.05) is 32.2 Å². The molecule has 2 aromatic carbocycles. The van der Waals surface area contributed by atoms with E-state index in [-0.39, 0.29) is 0 Å². The number of hydrogen-bond acceptors (Lipinski definition) is 4. The molecule has 0 radical (unpaired) electrons. The third-order valence-electron chi connectivity index (χ3n) is 3.86. The standard InChI is InChI=1S/C21H29NO3/c1-3-4-5-8-15-24-19-11-9-10-18(17-19)22-14-16-25-21-13-7-6-12-20(21)23-2/h6-7,9-13,17,22H,3-5,8,14-16H2,1-2H3. The first-order valence-corrected chi connectivity index (χ1v) is 9.06. The highest BCUT2D eigenvalue weighted by Crippen LogP contribution is 2.25. The second-order valence-electron chi connectivity index (χ2n) is 5.86. The molecule has 0 bridgehead atoms. The molecule has 2 rings (SSSR count). The van der Waals surface area contributed by atoms with Crippen molar-refractivity contribution in [3.63, 3.8) is 0 Å². The Morgan fingerprint density at radius 2 is 1.68 bits per heavy atom. The van der Waals surface area contributed by atoms with Gasteiger partial charge in [0.2, 0.25) is 0 Å². The highest BCUT2D eigenvalue weighted by molar-refractivity contribution is 5.48. The quantitative estimate of drug-likeness (QED) is 0.541. The molecule has 0 heterocycles. The molecule has 0 aliphatic heterocycles. The van der Waals surface area contributed by atoms with Crippen molar-refractivity contribution >= 4 is 5.69 Å². The van der Waals surface area contributed by atoms with Crippen LogP contribution in [0, 0.1) is 0 Å². The molecule has 0 unspecified atom stereocenters. The van der Waals surface area contributed by atoms with Crippen LogP contribution in [0.15, 0.2) is 48.5 Å². The van der Waals surface area contributed by atoms with Crippen LogP contribution in [0.3, 0.4) is 0 Å². The number of anilines is 1. The zero-order valence-corrected chi connectivity index (χ0v) is 15.3. The molecule has 1 N–H and O–H groups in total. The lowest BCUT2D eigenvalue weighted by Gasteiger charge is -2.12. The molecule has 0 atom stereocenters. The van der Waals surface area contributed by atoms with Gasteiger partial charge < -0.3 is 19.5 Å². The van der Waals surface area contributed by atoms with Crippen molar-refractivity contribution in [2.45, 2.75) is 32.6 Å². The summed E-state index contributed by atoms with van der Waals surface area (Å²) in [6.07, 6.45) is 4.86. The van der Waals surface area contributed by atoms with Gasteiger partial charge in [0.05, 0.1) is 13.7 Å². The number of unbranched alkanes of at least 4 members (excludes halogenated alkanes) is 3. The Bertz CT molecular complexity index is 616. The molecule has 0 saturated heterocycles. The van der Waals surface area contributed by atoms with Gasteiger partial charge in [-0.05, 0) is 30.7 Å². The Kier molecular flexibility index (Phi) is 8.53. The van der Waals surface area contributed by atoms with Crippen LogP contribution < -0.4 is 19.5 Å². The van der Waals surface area contributed by atoms with E-state index in [1.807, 2.05) is 48.5 Å². The molecule has 0 spiro atoms. The minimum atomic E-state index is 0.558. The van der Waals surface area contributed by atoms with Gasteiger partial charge in [-0.1, -0.05) is 44.4 Å². The second kappa shape index (κ2) is 11.2. The molecule has 25 heavy (non-hydrogen) atoms. The van der Waals surface area contributed by atoms with Gasteiger partial charge in [-0.3, -0.25) is 0 Å². The van der Waals surface area contributed by atoms with Crippen molar-refractivity contribution in [1.82, 2.24) is 0 Å². The van der Waals surface area contributed by atoms with Crippen LogP contribution in [0.25, 0.3) is 0 Å². The smallest absolute Gasteiger partial charge is 0.161 e. The largest absolute Gasteiger partial charge is 0.494 e. The van der Waals surface area contributed by atoms with Gasteiger partial charge in [0.15, 0.2) is 11.5 Å². The number of para-hydroxylation sites is 2. The van der Waals surface area contributed by atoms with Crippen LogP contribution in [0.1, 0.15) is 32.6 Å². The number of hydrogen-bond donors (Lipinski definition) is 1. The molecule has 4 heteroatoms. The van der Waals surface area contributed by atoms with E-state index < -0.39 is 0 Å². The number of methoxy groups -OCH3 is 1. The van der Waals surface area contributed by atoms with Crippen molar-refractivity contribution in [3.8, 4) is 17.2 Å². The zero-order valence-electron chi connectivity index (χ0n) is 15.3. The van der Waals surface area contributed by atoms with Gasteiger partial charge in [0.1, 0.15) is 12.4 Å². The third-order valence-corrected chi connectivity index (χ3v) is 3.86. The fraction of sp³-hybridized carbons (Fsp3) is 0.429. The zero-order chi connectivity index (χ0) is 17.7. The number of ether oxygens (including phenoxy) is 3. The van der Waals surface area contributed by atoms with Crippen LogP contribution in [0.5, 0.6) is 17.2 Å². The summed E-state index contributed by atoms with van der Waals surface area (Å²) in [5.41, 5.74) is 1.04. The predicted molar refractivity (Wildman–Crippen MR) is 103 cm³/mol. The summed E-state index contributed by atoms with van der Waals surface area (Å²) in [4.78, 5) is 0. The molecule has 0 aliphatic rings. The van der Waals surface area contributed by atoms with E-state index in [1.54, 1.807) is 7.11 Å². The minimum absolute atomic E-state index is 0.558. The van der Waals surface area contributed by atoms with Crippen LogP contribution in [0.4, 0.5) is 5.69 Å². The summed E-state index contributed by atoms with van der Waals surface area (Å²) in [6, 6.07) is 15.7. The first-order valence-electron chi connectivity index (χ1n) is 9.06. The topological polar surface area (TPSA) is 39.7 Å². The molecule has 4 nitrogen and oxygen atoms in total. The Balaban J connectivity index is 1.71. The van der Waals surface area contributed by atoms with Gasteiger partial charge in [-0.2, -0.15) is 0 Å². The molecular formula is C21H29NO3. The molecule has 2 aromatic rings. The summed E-state index contributed by atoms with van der Waals surface area (Å²) in [6.45, 7) is 4.26. The summed E-state index contributed by atoms with van der Waals surface area (Å²) >= 11 is 0. The van der Waals surface area contributed by atoms with Gasteiger partial charge in [-0.15, -0.1) is 0 Å². The molecule has 0 aromatic heterocycles. The summed E-state index contributed by atoms with van der Waals surface area (Å²) in [7, 11) is 1.65. The lowest BCUT2D eigenvalue weighted by molar-refractivity contribution is 0.304. The maximum Gasteiger partial charge on any atom is 0.161 e. The molecular weight excluding hydrogens is 314 g/mol. The lowest BCUT2D eigenvalue weighted by atomic mass is 10.2. The first-order chi connectivity index (χ1) is 12.3. The van der Waals surface area contributed by atoms with E-state index in [0.29, 0.717) is 13.2 Å². The van der Waals surface area contributed by atoms with Crippen LogP contribution in [-0.4, -0.2) is 26.9 Å². The van der Waals surface area contributed by atoms with Crippen molar-refractivity contribution in [3.05, 3.63) is 48.5 Å². The van der Waals surface area contributed by atoms with E-state index in [4.69, 9.17) is 14.2 Å². The predicted octanol–water partition coefficient (Wildman–Crippen LogP) is 5.15. The Morgan fingerprint density at radius 1 is 0.840 bits per heavy atom. The minimum Gasteiger partial charge on any atom is -0.494 e. The highest BCUT2D eigenvalue weighted by Gasteiger charge is 2.02. The fourth-order valence-corrected chi connectivity index (χ4v) is 2.51. The van der Waals surface area contributed by atoms with E-state index in [1.165, 1.54) is 19.3 Å². The summed E-state index contributed by atoms with van der Waals surface area (Å²) in [5.74, 6) is 2.42. The van der Waals surface area contributed by atoms with Gasteiger partial charge in [-0.25, -0.2) is 0 Å². The van der Waals surface area contributed by atoms with E-state index in [0.717, 1.165) is 36.0 Å². The van der Waals surface area contributed by atoms with Crippen LogP contribution in [0.2, 0.25) is 0 Å². The summed E-state index contributed by atoms with van der Waals surface area (Å²) < 4.78 is 16.9. The number of benzene rings is 2. The van der Waals surface area contributed by atoms with Crippen molar-refractivity contribution < 1.29 is 14.2 Å². The normalized spacial score (nSPS) is 10.3. The Morgan fingerprint density at radius 3 is 2.48 bits per heavy atom. The van der Waals surface area contributed by atoms with Crippen LogP contribution in [-0.2, 0) is 0 Å². The monoisotopic (exact) mass is 343 g/mol. The van der Waals surface area contributed by atoms with E-state index in [2.05, 4.69) is 12.2 Å². The second-order valence-corrected chi connectivity index (χ2v) is 5.86. The van der Waals surface area contributed by atoms with E-state index >= 15 is 0 Å². The average Bonchev–Trinajstić information content (AvgIpc) is 2.66. The SMILES string of the molecule is CCCCCCOc1cccc(NCCOc2ccccc2OC)c1. The maximum atomic E-state index is 5.81. The van der Waals surface area contributed by atoms with Gasteiger partial charge in [0, 0.05) is 18.3 Å². The molecule has 0 saturated carbocycles. The summed E-state index contributed by atoms with van der Waals surface area (Å²) in [5, 5.41) is 3.36. The average molecular weight is 343 g/mol. The third kappa shape index (κ3) is 6.96. The lowest BCUT2D eigenvalue weighted by Crippen LogP contribution is -2.12. The maximum absolute atomic E-state index is 5.81. The fourth-order valence-electron chi connectivity index (χ4n) is 2.51. The molecule has 136 valence electrons. The van der Waals surface area contributed by atoms with Crippen LogP contribution >= 0.6 is 0 Å². The molecule has 0 fully saturated rings. The van der Waals surface area contributed by atoms with Gasteiger partial charge >= 0.3 is 0 Å². The number of nitrogens with one attached hydrogen (secondary N) is 1. The Labute approximate surface area is 151 Å². The van der Waals surface area contributed by atoms with E-state index in [9.17, 15) is 0 Å². The van der Waals surface area contributed by atoms with Gasteiger partial charge in [0.25, 0.3) is 0 Å². The Hall–Kier alpha value is -2.36. The van der Waals surface area contributed by atoms with Crippen molar-refractivity contribution in [2.24, 2.45) is 0 Å². The molecule has 0 aliphatic carbocycles. The first kappa shape index (κ1) is 19.0. The molecule has 0 amide bonds.